The highest BCUT2D eigenvalue weighted by Gasteiger charge is 2.55. The Morgan fingerprint density at radius 3 is 2.03 bits per heavy atom. The SMILES string of the molecule is CC1=NN(c2ccc(F)cc2Cl)C(=O)C12CCC(O[Si](c1ccccc1)(c1ccccc1)C(C)(C)C)CC2. The number of hydrazone groups is 1. The molecule has 0 radical (unpaired) electrons. The van der Waals surface area contributed by atoms with Crippen molar-refractivity contribution in [3.05, 3.63) is 89.7 Å². The third-order valence-corrected chi connectivity index (χ3v) is 13.6. The first-order chi connectivity index (χ1) is 18.1. The predicted molar refractivity (Wildman–Crippen MR) is 155 cm³/mol. The maximum absolute atomic E-state index is 13.8. The lowest BCUT2D eigenvalue weighted by atomic mass is 9.70. The standard InChI is InChI=1S/C31H34ClFN2O2Si/c1-22-31(29(36)35(34-22)28-16-15-23(33)21-27(28)32)19-17-24(18-20-31)37-38(30(2,3)4,25-11-7-5-8-12-25)26-13-9-6-10-14-26/h5-16,21,24H,17-20H2,1-4H3. The fraction of sp³-hybridized carbons (Fsp3) is 0.355. The van der Waals surface area contributed by atoms with Gasteiger partial charge in [-0.1, -0.05) is 93.0 Å². The highest BCUT2D eigenvalue weighted by Crippen LogP contribution is 2.47. The molecule has 2 aliphatic rings. The quantitative estimate of drug-likeness (QED) is 0.333. The first-order valence-electron chi connectivity index (χ1n) is 13.2. The van der Waals surface area contributed by atoms with Gasteiger partial charge < -0.3 is 4.43 Å². The maximum atomic E-state index is 13.8. The van der Waals surface area contributed by atoms with Gasteiger partial charge in [-0.05, 0) is 66.2 Å². The van der Waals surface area contributed by atoms with E-state index in [4.69, 9.17) is 16.0 Å². The molecule has 1 aliphatic carbocycles. The van der Waals surface area contributed by atoms with Crippen molar-refractivity contribution in [2.45, 2.75) is 64.5 Å². The fourth-order valence-corrected chi connectivity index (χ4v) is 11.2. The molecule has 0 unspecified atom stereocenters. The number of benzene rings is 3. The van der Waals surface area contributed by atoms with Crippen molar-refractivity contribution in [2.75, 3.05) is 5.01 Å². The summed E-state index contributed by atoms with van der Waals surface area (Å²) in [6, 6.07) is 25.3. The van der Waals surface area contributed by atoms with Gasteiger partial charge in [0.05, 0.1) is 21.8 Å². The van der Waals surface area contributed by atoms with Crippen LogP contribution in [0, 0.1) is 11.2 Å². The van der Waals surface area contributed by atoms with Gasteiger partial charge in [-0.3, -0.25) is 4.79 Å². The molecule has 0 saturated heterocycles. The summed E-state index contributed by atoms with van der Waals surface area (Å²) in [7, 11) is -2.68. The molecule has 1 fully saturated rings. The van der Waals surface area contributed by atoms with Crippen molar-refractivity contribution in [1.82, 2.24) is 0 Å². The Balaban J connectivity index is 1.43. The lowest BCUT2D eigenvalue weighted by molar-refractivity contribution is -0.125. The van der Waals surface area contributed by atoms with Gasteiger partial charge in [0.2, 0.25) is 0 Å². The van der Waals surface area contributed by atoms with Crippen LogP contribution in [0.1, 0.15) is 53.4 Å². The third kappa shape index (κ3) is 4.42. The molecule has 3 aromatic rings. The molecule has 1 aliphatic heterocycles. The minimum Gasteiger partial charge on any atom is -0.404 e. The summed E-state index contributed by atoms with van der Waals surface area (Å²) < 4.78 is 21.0. The summed E-state index contributed by atoms with van der Waals surface area (Å²) in [5.74, 6) is -0.533. The topological polar surface area (TPSA) is 41.9 Å². The van der Waals surface area contributed by atoms with Crippen LogP contribution in [0.3, 0.4) is 0 Å². The van der Waals surface area contributed by atoms with Gasteiger partial charge in [-0.15, -0.1) is 0 Å². The molecular formula is C31H34ClFN2O2Si. The van der Waals surface area contributed by atoms with Crippen LogP contribution in [-0.4, -0.2) is 26.0 Å². The summed E-state index contributed by atoms with van der Waals surface area (Å²) in [6.45, 7) is 8.76. The molecule has 4 nitrogen and oxygen atoms in total. The minimum absolute atomic E-state index is 0.0241. The molecule has 7 heteroatoms. The summed E-state index contributed by atoms with van der Waals surface area (Å²) in [5, 5.41) is 8.54. The van der Waals surface area contributed by atoms with Crippen molar-refractivity contribution in [3.8, 4) is 0 Å². The molecule has 1 amide bonds. The Kier molecular flexibility index (Phi) is 7.09. The van der Waals surface area contributed by atoms with Gasteiger partial charge in [0.1, 0.15) is 5.82 Å². The summed E-state index contributed by atoms with van der Waals surface area (Å²) in [5.41, 5.74) is 0.523. The summed E-state index contributed by atoms with van der Waals surface area (Å²) >= 11 is 6.29. The molecular weight excluding hydrogens is 515 g/mol. The van der Waals surface area contributed by atoms with Crippen molar-refractivity contribution < 1.29 is 13.6 Å². The van der Waals surface area contributed by atoms with Crippen LogP contribution in [0.25, 0.3) is 0 Å². The van der Waals surface area contributed by atoms with Crippen LogP contribution in [0.2, 0.25) is 10.1 Å². The molecule has 1 heterocycles. The maximum Gasteiger partial charge on any atom is 0.261 e. The Morgan fingerprint density at radius 1 is 0.974 bits per heavy atom. The van der Waals surface area contributed by atoms with E-state index in [-0.39, 0.29) is 22.1 Å². The van der Waals surface area contributed by atoms with E-state index in [1.807, 2.05) is 19.1 Å². The van der Waals surface area contributed by atoms with E-state index in [9.17, 15) is 9.18 Å². The number of carbonyl (C=O) groups excluding carboxylic acids is 1. The first kappa shape index (κ1) is 26.8. The zero-order chi connectivity index (χ0) is 27.1. The van der Waals surface area contributed by atoms with E-state index in [0.29, 0.717) is 18.5 Å². The molecule has 5 rings (SSSR count). The molecule has 38 heavy (non-hydrogen) atoms. The van der Waals surface area contributed by atoms with E-state index in [0.717, 1.165) is 18.6 Å². The summed E-state index contributed by atoms with van der Waals surface area (Å²) in [6.07, 6.45) is 2.84. The van der Waals surface area contributed by atoms with Crippen molar-refractivity contribution in [2.24, 2.45) is 10.5 Å². The predicted octanol–water partition coefficient (Wildman–Crippen LogP) is 6.71. The lowest BCUT2D eigenvalue weighted by Crippen LogP contribution is -2.68. The second-order valence-electron chi connectivity index (χ2n) is 11.5. The average Bonchev–Trinajstić information content (AvgIpc) is 3.13. The molecule has 3 aromatic carbocycles. The largest absolute Gasteiger partial charge is 0.404 e. The number of halogens is 2. The van der Waals surface area contributed by atoms with Gasteiger partial charge in [-0.25, -0.2) is 4.39 Å². The first-order valence-corrected chi connectivity index (χ1v) is 15.5. The Labute approximate surface area is 230 Å². The van der Waals surface area contributed by atoms with Gasteiger partial charge >= 0.3 is 0 Å². The van der Waals surface area contributed by atoms with Crippen LogP contribution < -0.4 is 15.4 Å². The van der Waals surface area contributed by atoms with Crippen LogP contribution in [0.5, 0.6) is 0 Å². The number of carbonyl (C=O) groups is 1. The number of amides is 1. The van der Waals surface area contributed by atoms with E-state index in [1.165, 1.54) is 33.6 Å². The van der Waals surface area contributed by atoms with Gasteiger partial charge in [0.15, 0.2) is 0 Å². The molecule has 0 bridgehead atoms. The Hall–Kier alpha value is -2.80. The average molecular weight is 549 g/mol. The molecule has 0 atom stereocenters. The van der Waals surface area contributed by atoms with Gasteiger partial charge in [-0.2, -0.15) is 10.1 Å². The number of hydrogen-bond acceptors (Lipinski definition) is 3. The van der Waals surface area contributed by atoms with E-state index in [2.05, 4.69) is 74.4 Å². The van der Waals surface area contributed by atoms with E-state index >= 15 is 0 Å². The summed E-state index contributed by atoms with van der Waals surface area (Å²) in [4.78, 5) is 13.8. The number of hydrogen-bond donors (Lipinski definition) is 0. The Bertz CT molecular complexity index is 1310. The monoisotopic (exact) mass is 548 g/mol. The molecule has 1 saturated carbocycles. The molecule has 198 valence electrons. The second-order valence-corrected chi connectivity index (χ2v) is 16.1. The van der Waals surface area contributed by atoms with Crippen molar-refractivity contribution >= 4 is 47.6 Å². The van der Waals surface area contributed by atoms with Gasteiger partial charge in [0, 0.05) is 6.10 Å². The number of rotatable bonds is 5. The van der Waals surface area contributed by atoms with Crippen LogP contribution in [0.15, 0.2) is 84.0 Å². The zero-order valence-corrected chi connectivity index (χ0v) is 24.1. The fourth-order valence-electron chi connectivity index (χ4n) is 6.18. The smallest absolute Gasteiger partial charge is 0.261 e. The second kappa shape index (κ2) is 10.1. The normalized spacial score (nSPS) is 22.2. The molecule has 1 spiro atoms. The van der Waals surface area contributed by atoms with Gasteiger partial charge in [0.25, 0.3) is 14.2 Å². The van der Waals surface area contributed by atoms with Crippen LogP contribution >= 0.6 is 11.6 Å². The molecule has 0 N–H and O–H groups in total. The number of anilines is 1. The third-order valence-electron chi connectivity index (χ3n) is 8.23. The van der Waals surface area contributed by atoms with Crippen molar-refractivity contribution in [1.29, 1.82) is 0 Å². The number of nitrogens with zero attached hydrogens (tertiary/aromatic N) is 2. The lowest BCUT2D eigenvalue weighted by Gasteiger charge is -2.47. The van der Waals surface area contributed by atoms with Crippen molar-refractivity contribution in [3.63, 3.8) is 0 Å². The van der Waals surface area contributed by atoms with E-state index in [1.54, 1.807) is 0 Å². The zero-order valence-electron chi connectivity index (χ0n) is 22.4. The minimum atomic E-state index is -2.68. The highest BCUT2D eigenvalue weighted by molar-refractivity contribution is 6.99. The van der Waals surface area contributed by atoms with Crippen LogP contribution in [0.4, 0.5) is 10.1 Å². The molecule has 0 aromatic heterocycles. The van der Waals surface area contributed by atoms with Crippen LogP contribution in [-0.2, 0) is 9.22 Å². The Morgan fingerprint density at radius 2 is 1.53 bits per heavy atom. The van der Waals surface area contributed by atoms with E-state index < -0.39 is 19.5 Å². The highest BCUT2D eigenvalue weighted by atomic mass is 35.5.